The van der Waals surface area contributed by atoms with Gasteiger partial charge in [-0.2, -0.15) is 12.7 Å². The Morgan fingerprint density at radius 1 is 1.25 bits per heavy atom. The van der Waals surface area contributed by atoms with Gasteiger partial charge in [-0.15, -0.1) is 0 Å². The van der Waals surface area contributed by atoms with Crippen molar-refractivity contribution < 1.29 is 13.5 Å². The van der Waals surface area contributed by atoms with Crippen LogP contribution in [-0.4, -0.2) is 45.1 Å². The average Bonchev–Trinajstić information content (AvgIpc) is 2.28. The first-order valence-corrected chi connectivity index (χ1v) is 7.14. The summed E-state index contributed by atoms with van der Waals surface area (Å²) in [6.45, 7) is 0.396. The fourth-order valence-corrected chi connectivity index (χ4v) is 2.81. The van der Waals surface area contributed by atoms with Gasteiger partial charge in [0, 0.05) is 32.7 Å². The Bertz CT molecular complexity index is 308. The zero-order valence-electron chi connectivity index (χ0n) is 10.1. The molecule has 0 aliphatic heterocycles. The van der Waals surface area contributed by atoms with Crippen molar-refractivity contribution in [3.05, 3.63) is 0 Å². The molecule has 1 fully saturated rings. The molecule has 0 bridgehead atoms. The van der Waals surface area contributed by atoms with Gasteiger partial charge in [0.05, 0.1) is 0 Å². The van der Waals surface area contributed by atoms with E-state index in [2.05, 4.69) is 4.72 Å². The van der Waals surface area contributed by atoms with E-state index in [9.17, 15) is 13.5 Å². The summed E-state index contributed by atoms with van der Waals surface area (Å²) < 4.78 is 26.8. The molecule has 6 heteroatoms. The van der Waals surface area contributed by atoms with Crippen molar-refractivity contribution in [2.45, 2.75) is 32.1 Å². The summed E-state index contributed by atoms with van der Waals surface area (Å²) in [6.07, 6.45) is 5.13. The maximum Gasteiger partial charge on any atom is 0.278 e. The number of hydrogen-bond donors (Lipinski definition) is 2. The van der Waals surface area contributed by atoms with E-state index in [-0.39, 0.29) is 12.0 Å². The normalized spacial score (nSPS) is 21.2. The molecule has 0 aromatic heterocycles. The van der Waals surface area contributed by atoms with E-state index < -0.39 is 10.2 Å². The highest BCUT2D eigenvalue weighted by molar-refractivity contribution is 7.87. The molecule has 16 heavy (non-hydrogen) atoms. The van der Waals surface area contributed by atoms with Crippen molar-refractivity contribution in [2.24, 2.45) is 5.41 Å². The van der Waals surface area contributed by atoms with Crippen LogP contribution in [0, 0.1) is 5.41 Å². The Balaban J connectivity index is 2.58. The van der Waals surface area contributed by atoms with Gasteiger partial charge in [0.15, 0.2) is 0 Å². The van der Waals surface area contributed by atoms with Crippen molar-refractivity contribution in [1.29, 1.82) is 0 Å². The van der Waals surface area contributed by atoms with Crippen molar-refractivity contribution in [1.82, 2.24) is 9.03 Å². The molecule has 0 heterocycles. The maximum atomic E-state index is 11.6. The molecular weight excluding hydrogens is 228 g/mol. The van der Waals surface area contributed by atoms with Crippen LogP contribution in [0.25, 0.3) is 0 Å². The average molecular weight is 250 g/mol. The number of hydrogen-bond acceptors (Lipinski definition) is 3. The quantitative estimate of drug-likeness (QED) is 0.738. The van der Waals surface area contributed by atoms with Gasteiger partial charge in [-0.3, -0.25) is 0 Å². The zero-order chi connectivity index (χ0) is 12.2. The van der Waals surface area contributed by atoms with Crippen LogP contribution in [0.1, 0.15) is 32.1 Å². The largest absolute Gasteiger partial charge is 0.396 e. The highest BCUT2D eigenvalue weighted by atomic mass is 32.2. The summed E-state index contributed by atoms with van der Waals surface area (Å²) in [5, 5.41) is 9.43. The number of rotatable bonds is 5. The second-order valence-corrected chi connectivity index (χ2v) is 6.80. The van der Waals surface area contributed by atoms with Crippen LogP contribution in [0.4, 0.5) is 0 Å². The molecule has 1 saturated carbocycles. The Morgan fingerprint density at radius 3 is 2.25 bits per heavy atom. The molecule has 1 aliphatic rings. The van der Waals surface area contributed by atoms with Crippen LogP contribution in [0.15, 0.2) is 0 Å². The van der Waals surface area contributed by atoms with Crippen LogP contribution in [-0.2, 0) is 10.2 Å². The molecule has 0 amide bonds. The molecule has 96 valence electrons. The van der Waals surface area contributed by atoms with Gasteiger partial charge in [-0.1, -0.05) is 19.3 Å². The predicted octanol–water partition coefficient (Wildman–Crippen LogP) is 0.325. The molecule has 0 radical (unpaired) electrons. The molecule has 0 atom stereocenters. The summed E-state index contributed by atoms with van der Waals surface area (Å²) in [7, 11) is -0.384. The molecule has 1 aliphatic carbocycles. The third-order valence-electron chi connectivity index (χ3n) is 3.36. The minimum atomic E-state index is -3.37. The topological polar surface area (TPSA) is 69.6 Å². The maximum absolute atomic E-state index is 11.6. The number of nitrogens with zero attached hydrogens (tertiary/aromatic N) is 1. The minimum Gasteiger partial charge on any atom is -0.396 e. The van der Waals surface area contributed by atoms with Crippen molar-refractivity contribution in [3.8, 4) is 0 Å². The molecule has 0 aromatic carbocycles. The van der Waals surface area contributed by atoms with Gasteiger partial charge in [-0.05, 0) is 12.8 Å². The summed E-state index contributed by atoms with van der Waals surface area (Å²) in [5.74, 6) is 0. The Hall–Kier alpha value is -0.170. The standard InChI is InChI=1S/C10H22N2O3S/c1-12(2)16(14,15)11-8-10(9-13)6-4-3-5-7-10/h11,13H,3-9H2,1-2H3. The highest BCUT2D eigenvalue weighted by Gasteiger charge is 2.32. The zero-order valence-corrected chi connectivity index (χ0v) is 10.9. The first-order valence-electron chi connectivity index (χ1n) is 5.70. The number of aliphatic hydroxyl groups excluding tert-OH is 1. The van der Waals surface area contributed by atoms with E-state index in [1.165, 1.54) is 20.5 Å². The van der Waals surface area contributed by atoms with Gasteiger partial charge >= 0.3 is 0 Å². The summed E-state index contributed by atoms with van der Waals surface area (Å²) in [4.78, 5) is 0. The summed E-state index contributed by atoms with van der Waals surface area (Å²) in [6, 6.07) is 0. The van der Waals surface area contributed by atoms with Crippen LogP contribution in [0.5, 0.6) is 0 Å². The third kappa shape index (κ3) is 3.41. The number of nitrogens with one attached hydrogen (secondary N) is 1. The molecule has 1 rings (SSSR count). The second kappa shape index (κ2) is 5.44. The fourth-order valence-electron chi connectivity index (χ4n) is 2.07. The highest BCUT2D eigenvalue weighted by Crippen LogP contribution is 2.35. The van der Waals surface area contributed by atoms with Gasteiger partial charge < -0.3 is 5.11 Å². The first-order chi connectivity index (χ1) is 7.42. The summed E-state index contributed by atoms with van der Waals surface area (Å²) in [5.41, 5.74) is -0.249. The first kappa shape index (κ1) is 13.9. The lowest BCUT2D eigenvalue weighted by Crippen LogP contribution is -2.45. The SMILES string of the molecule is CN(C)S(=O)(=O)NCC1(CO)CCCCC1. The molecular formula is C10H22N2O3S. The van der Waals surface area contributed by atoms with E-state index >= 15 is 0 Å². The van der Waals surface area contributed by atoms with E-state index in [1.54, 1.807) is 0 Å². The van der Waals surface area contributed by atoms with Crippen molar-refractivity contribution >= 4 is 10.2 Å². The lowest BCUT2D eigenvalue weighted by atomic mass is 9.75. The van der Waals surface area contributed by atoms with Crippen LogP contribution in [0.2, 0.25) is 0 Å². The molecule has 0 aromatic rings. The van der Waals surface area contributed by atoms with E-state index in [4.69, 9.17) is 0 Å². The minimum absolute atomic E-state index is 0.0585. The molecule has 0 saturated heterocycles. The molecule has 0 unspecified atom stereocenters. The van der Waals surface area contributed by atoms with Crippen LogP contribution >= 0.6 is 0 Å². The lowest BCUT2D eigenvalue weighted by Gasteiger charge is -2.35. The third-order valence-corrected chi connectivity index (χ3v) is 4.83. The lowest BCUT2D eigenvalue weighted by molar-refractivity contribution is 0.0864. The van der Waals surface area contributed by atoms with Crippen LogP contribution in [0.3, 0.4) is 0 Å². The van der Waals surface area contributed by atoms with E-state index in [0.717, 1.165) is 30.0 Å². The smallest absolute Gasteiger partial charge is 0.278 e. The Morgan fingerprint density at radius 2 is 1.81 bits per heavy atom. The Labute approximate surface area is 98.0 Å². The molecule has 2 N–H and O–H groups in total. The second-order valence-electron chi connectivity index (χ2n) is 4.83. The Kier molecular flexibility index (Phi) is 4.73. The fraction of sp³-hybridized carbons (Fsp3) is 1.00. The van der Waals surface area contributed by atoms with Crippen LogP contribution < -0.4 is 4.72 Å². The van der Waals surface area contributed by atoms with Crippen molar-refractivity contribution in [2.75, 3.05) is 27.2 Å². The number of aliphatic hydroxyl groups is 1. The van der Waals surface area contributed by atoms with Gasteiger partial charge in [-0.25, -0.2) is 4.72 Å². The van der Waals surface area contributed by atoms with E-state index in [0.29, 0.717) is 6.54 Å². The molecule has 5 nitrogen and oxygen atoms in total. The monoisotopic (exact) mass is 250 g/mol. The van der Waals surface area contributed by atoms with Gasteiger partial charge in [0.25, 0.3) is 10.2 Å². The van der Waals surface area contributed by atoms with E-state index in [1.807, 2.05) is 0 Å². The van der Waals surface area contributed by atoms with Gasteiger partial charge in [0.1, 0.15) is 0 Å². The summed E-state index contributed by atoms with van der Waals surface area (Å²) >= 11 is 0. The van der Waals surface area contributed by atoms with Gasteiger partial charge in [0.2, 0.25) is 0 Å². The molecule has 0 spiro atoms. The van der Waals surface area contributed by atoms with Crippen molar-refractivity contribution in [3.63, 3.8) is 0 Å². The predicted molar refractivity (Wildman–Crippen MR) is 63.2 cm³/mol.